The maximum absolute atomic E-state index is 12.6. The Bertz CT molecular complexity index is 878. The molecular formula is C15H18N4O5. The van der Waals surface area contributed by atoms with Gasteiger partial charge in [0.25, 0.3) is 11.5 Å². The Balaban J connectivity index is 1.93. The van der Waals surface area contributed by atoms with Crippen molar-refractivity contribution in [1.29, 1.82) is 0 Å². The molecule has 2 N–H and O–H groups in total. The van der Waals surface area contributed by atoms with Crippen molar-refractivity contribution in [3.63, 3.8) is 0 Å². The molecule has 0 unspecified atom stereocenters. The molecule has 24 heavy (non-hydrogen) atoms. The standard InChI is InChI=1S/C15H18N4O5/c1-9-12(24-8-16-9)13(21)18-6-4-15(2,23)10(7-18)19-5-3-11(20)17-14(19)22/h3,5,8,10,23H,4,6-7H2,1-2H3,(H,17,20,22)/t10-,15-/m1/s1. The van der Waals surface area contributed by atoms with E-state index in [-0.39, 0.29) is 24.6 Å². The smallest absolute Gasteiger partial charge is 0.328 e. The minimum Gasteiger partial charge on any atom is -0.438 e. The molecule has 2 aromatic rings. The van der Waals surface area contributed by atoms with Crippen molar-refractivity contribution in [3.8, 4) is 0 Å². The van der Waals surface area contributed by atoms with E-state index < -0.39 is 22.9 Å². The molecule has 0 radical (unpaired) electrons. The van der Waals surface area contributed by atoms with Crippen LogP contribution in [0.5, 0.6) is 0 Å². The van der Waals surface area contributed by atoms with Crippen molar-refractivity contribution in [1.82, 2.24) is 19.4 Å². The number of hydrogen-bond acceptors (Lipinski definition) is 6. The predicted octanol–water partition coefficient (Wildman–Crippen LogP) is -0.329. The number of aromatic nitrogens is 3. The normalized spacial score (nSPS) is 24.1. The van der Waals surface area contributed by atoms with E-state index in [1.54, 1.807) is 13.8 Å². The largest absolute Gasteiger partial charge is 0.438 e. The number of H-pyrrole nitrogens is 1. The highest BCUT2D eigenvalue weighted by atomic mass is 16.4. The number of aromatic amines is 1. The van der Waals surface area contributed by atoms with Gasteiger partial charge >= 0.3 is 5.69 Å². The monoisotopic (exact) mass is 334 g/mol. The number of nitrogens with one attached hydrogen (secondary N) is 1. The topological polar surface area (TPSA) is 121 Å². The van der Waals surface area contributed by atoms with E-state index in [0.717, 1.165) is 0 Å². The molecule has 1 aliphatic heterocycles. The van der Waals surface area contributed by atoms with Crippen molar-refractivity contribution >= 4 is 5.91 Å². The first-order valence-electron chi connectivity index (χ1n) is 7.53. The zero-order valence-electron chi connectivity index (χ0n) is 13.4. The van der Waals surface area contributed by atoms with E-state index in [2.05, 4.69) is 9.97 Å². The summed E-state index contributed by atoms with van der Waals surface area (Å²) in [5, 5.41) is 10.6. The molecule has 1 fully saturated rings. The molecule has 3 rings (SSSR count). The predicted molar refractivity (Wildman–Crippen MR) is 82.7 cm³/mol. The van der Waals surface area contributed by atoms with E-state index in [9.17, 15) is 19.5 Å². The summed E-state index contributed by atoms with van der Waals surface area (Å²) in [6.45, 7) is 3.70. The number of likely N-dealkylation sites (tertiary alicyclic amines) is 1. The average Bonchev–Trinajstić information content (AvgIpc) is 2.93. The van der Waals surface area contributed by atoms with Gasteiger partial charge < -0.3 is 14.4 Å². The Labute approximate surface area is 136 Å². The van der Waals surface area contributed by atoms with Crippen molar-refractivity contribution in [3.05, 3.63) is 50.9 Å². The molecule has 0 aliphatic carbocycles. The molecular weight excluding hydrogens is 316 g/mol. The van der Waals surface area contributed by atoms with Crippen LogP contribution in [0.2, 0.25) is 0 Å². The van der Waals surface area contributed by atoms with Gasteiger partial charge in [0.05, 0.1) is 17.3 Å². The molecule has 0 saturated carbocycles. The molecule has 0 bridgehead atoms. The molecule has 1 saturated heterocycles. The van der Waals surface area contributed by atoms with Gasteiger partial charge in [-0.2, -0.15) is 0 Å². The van der Waals surface area contributed by atoms with Crippen molar-refractivity contribution in [2.45, 2.75) is 31.9 Å². The second kappa shape index (κ2) is 5.75. The number of aliphatic hydroxyl groups is 1. The zero-order valence-corrected chi connectivity index (χ0v) is 13.4. The molecule has 9 heteroatoms. The Hall–Kier alpha value is -2.68. The van der Waals surface area contributed by atoms with Crippen molar-refractivity contribution in [2.24, 2.45) is 0 Å². The number of amides is 1. The number of carbonyl (C=O) groups is 1. The summed E-state index contributed by atoms with van der Waals surface area (Å²) in [4.78, 5) is 43.4. The van der Waals surface area contributed by atoms with E-state index in [1.807, 2.05) is 0 Å². The summed E-state index contributed by atoms with van der Waals surface area (Å²) in [6.07, 6.45) is 2.81. The highest BCUT2D eigenvalue weighted by molar-refractivity contribution is 5.92. The number of piperidine rings is 1. The van der Waals surface area contributed by atoms with E-state index in [4.69, 9.17) is 4.42 Å². The van der Waals surface area contributed by atoms with Crippen LogP contribution in [0.1, 0.15) is 35.6 Å². The summed E-state index contributed by atoms with van der Waals surface area (Å²) in [7, 11) is 0. The van der Waals surface area contributed by atoms with Crippen molar-refractivity contribution < 1.29 is 14.3 Å². The lowest BCUT2D eigenvalue weighted by molar-refractivity contribution is -0.0464. The third-order valence-corrected chi connectivity index (χ3v) is 4.41. The lowest BCUT2D eigenvalue weighted by Gasteiger charge is -2.42. The maximum Gasteiger partial charge on any atom is 0.328 e. The number of carbonyl (C=O) groups excluding carboxylic acids is 1. The third kappa shape index (κ3) is 2.78. The van der Waals surface area contributed by atoms with Crippen LogP contribution in [-0.2, 0) is 0 Å². The van der Waals surface area contributed by atoms with Crippen LogP contribution in [0.4, 0.5) is 0 Å². The van der Waals surface area contributed by atoms with Crippen LogP contribution in [0.25, 0.3) is 0 Å². The quantitative estimate of drug-likeness (QED) is 0.776. The minimum atomic E-state index is -1.20. The first-order valence-corrected chi connectivity index (χ1v) is 7.53. The Morgan fingerprint density at radius 3 is 2.88 bits per heavy atom. The molecule has 1 amide bonds. The Morgan fingerprint density at radius 1 is 1.50 bits per heavy atom. The van der Waals surface area contributed by atoms with Gasteiger partial charge in [-0.05, 0) is 20.3 Å². The summed E-state index contributed by atoms with van der Waals surface area (Å²) < 4.78 is 6.37. The van der Waals surface area contributed by atoms with Gasteiger partial charge in [-0.25, -0.2) is 9.78 Å². The Kier molecular flexibility index (Phi) is 3.88. The fourth-order valence-electron chi connectivity index (χ4n) is 2.92. The summed E-state index contributed by atoms with van der Waals surface area (Å²) in [5.41, 5.74) is -1.86. The fourth-order valence-corrected chi connectivity index (χ4v) is 2.92. The number of rotatable bonds is 2. The van der Waals surface area contributed by atoms with Crippen LogP contribution in [0.3, 0.4) is 0 Å². The van der Waals surface area contributed by atoms with Crippen LogP contribution in [-0.4, -0.2) is 49.1 Å². The molecule has 0 aromatic carbocycles. The molecule has 0 spiro atoms. The molecule has 128 valence electrons. The van der Waals surface area contributed by atoms with Gasteiger partial charge in [-0.3, -0.25) is 19.1 Å². The van der Waals surface area contributed by atoms with Crippen molar-refractivity contribution in [2.75, 3.05) is 13.1 Å². The van der Waals surface area contributed by atoms with Crippen LogP contribution >= 0.6 is 0 Å². The van der Waals surface area contributed by atoms with E-state index >= 15 is 0 Å². The number of nitrogens with zero attached hydrogens (tertiary/aromatic N) is 3. The second-order valence-corrected chi connectivity index (χ2v) is 6.16. The number of hydrogen-bond donors (Lipinski definition) is 2. The van der Waals surface area contributed by atoms with E-state index in [0.29, 0.717) is 12.2 Å². The van der Waals surface area contributed by atoms with Gasteiger partial charge in [-0.1, -0.05) is 0 Å². The summed E-state index contributed by atoms with van der Waals surface area (Å²) in [6, 6.07) is 0.515. The average molecular weight is 334 g/mol. The SMILES string of the molecule is Cc1ncoc1C(=O)N1CC[C@@](C)(O)[C@H](n2ccc(=O)[nH]c2=O)C1. The lowest BCUT2D eigenvalue weighted by atomic mass is 9.88. The molecule has 3 heterocycles. The van der Waals surface area contributed by atoms with Gasteiger partial charge in [0, 0.05) is 25.4 Å². The zero-order chi connectivity index (χ0) is 17.5. The van der Waals surface area contributed by atoms with Gasteiger partial charge in [0.15, 0.2) is 6.39 Å². The maximum atomic E-state index is 12.6. The molecule has 1 aliphatic rings. The minimum absolute atomic E-state index is 0.109. The summed E-state index contributed by atoms with van der Waals surface area (Å²) >= 11 is 0. The molecule has 2 aromatic heterocycles. The Morgan fingerprint density at radius 2 is 2.25 bits per heavy atom. The van der Waals surface area contributed by atoms with E-state index in [1.165, 1.54) is 28.1 Å². The fraction of sp³-hybridized carbons (Fsp3) is 0.467. The van der Waals surface area contributed by atoms with Gasteiger partial charge in [0.2, 0.25) is 5.76 Å². The highest BCUT2D eigenvalue weighted by Crippen LogP contribution is 2.31. The number of aryl methyl sites for hydroxylation is 1. The van der Waals surface area contributed by atoms with Crippen LogP contribution in [0, 0.1) is 6.92 Å². The first kappa shape index (κ1) is 16.2. The van der Waals surface area contributed by atoms with Gasteiger partial charge in [-0.15, -0.1) is 0 Å². The first-order chi connectivity index (χ1) is 11.3. The summed E-state index contributed by atoms with van der Waals surface area (Å²) in [5.74, 6) is -0.202. The van der Waals surface area contributed by atoms with Crippen LogP contribution in [0.15, 0.2) is 32.7 Å². The molecule has 9 nitrogen and oxygen atoms in total. The lowest BCUT2D eigenvalue weighted by Crippen LogP contribution is -2.55. The number of oxazole rings is 1. The van der Waals surface area contributed by atoms with Crippen LogP contribution < -0.4 is 11.2 Å². The second-order valence-electron chi connectivity index (χ2n) is 6.16. The highest BCUT2D eigenvalue weighted by Gasteiger charge is 2.41. The molecule has 2 atom stereocenters. The third-order valence-electron chi connectivity index (χ3n) is 4.41. The van der Waals surface area contributed by atoms with Gasteiger partial charge in [0.1, 0.15) is 0 Å².